The first-order valence-electron chi connectivity index (χ1n) is 24.6. The molecular formula is C53H58F2N10O4. The molecule has 358 valence electrons. The molecule has 0 radical (unpaired) electrons. The number of imide groups is 1. The van der Waals surface area contributed by atoms with Crippen LogP contribution in [0.3, 0.4) is 0 Å². The van der Waals surface area contributed by atoms with E-state index in [1.54, 1.807) is 29.9 Å². The molecule has 1 saturated carbocycles. The first-order chi connectivity index (χ1) is 33.5. The van der Waals surface area contributed by atoms with Gasteiger partial charge in [0.25, 0.3) is 0 Å². The van der Waals surface area contributed by atoms with Crippen molar-refractivity contribution in [2.24, 2.45) is 18.4 Å². The van der Waals surface area contributed by atoms with Crippen LogP contribution >= 0.6 is 0 Å². The van der Waals surface area contributed by atoms with Crippen LogP contribution in [0, 0.1) is 42.2 Å². The summed E-state index contributed by atoms with van der Waals surface area (Å²) in [4.78, 5) is 61.8. The number of halogens is 2. The number of ether oxygens (including phenoxy) is 1. The van der Waals surface area contributed by atoms with Crippen molar-refractivity contribution >= 4 is 56.0 Å². The number of aromatic nitrogens is 5. The Kier molecular flexibility index (Phi) is 11.8. The number of terminal acetylenes is 1. The van der Waals surface area contributed by atoms with E-state index in [-0.39, 0.29) is 46.2 Å². The number of hydrogen-bond donors (Lipinski definition) is 1. The van der Waals surface area contributed by atoms with Crippen LogP contribution < -0.4 is 25.5 Å². The van der Waals surface area contributed by atoms with Gasteiger partial charge in [-0.1, -0.05) is 18.1 Å². The number of carbonyl (C=O) groups is 2. The van der Waals surface area contributed by atoms with Gasteiger partial charge in [0.2, 0.25) is 11.8 Å². The Morgan fingerprint density at radius 2 is 1.64 bits per heavy atom. The minimum atomic E-state index is -0.698. The van der Waals surface area contributed by atoms with E-state index in [9.17, 15) is 14.4 Å². The van der Waals surface area contributed by atoms with Gasteiger partial charge in [-0.3, -0.25) is 29.0 Å². The van der Waals surface area contributed by atoms with Crippen LogP contribution in [0.25, 0.3) is 44.0 Å². The molecule has 7 heterocycles. The Morgan fingerprint density at radius 1 is 0.870 bits per heavy atom. The van der Waals surface area contributed by atoms with Crippen LogP contribution in [0.15, 0.2) is 53.5 Å². The second kappa shape index (κ2) is 18.1. The number of amides is 2. The van der Waals surface area contributed by atoms with Crippen LogP contribution in [0.2, 0.25) is 0 Å². The molecule has 1 aliphatic carbocycles. The lowest BCUT2D eigenvalue weighted by Gasteiger charge is -2.40. The highest BCUT2D eigenvalue weighted by atomic mass is 19.1. The number of piperazine rings is 1. The number of piperidine rings is 3. The highest BCUT2D eigenvalue weighted by Crippen LogP contribution is 2.47. The van der Waals surface area contributed by atoms with E-state index in [4.69, 9.17) is 21.1 Å². The summed E-state index contributed by atoms with van der Waals surface area (Å²) in [6, 6.07) is 12.2. The highest BCUT2D eigenvalue weighted by Gasteiger charge is 2.45. The van der Waals surface area contributed by atoms with E-state index in [0.717, 1.165) is 127 Å². The molecule has 6 aromatic rings. The van der Waals surface area contributed by atoms with E-state index in [1.165, 1.54) is 10.6 Å². The maximum atomic E-state index is 17.1. The molecule has 0 spiro atoms. The van der Waals surface area contributed by atoms with Crippen LogP contribution in [-0.4, -0.2) is 118 Å². The van der Waals surface area contributed by atoms with Crippen molar-refractivity contribution in [3.05, 3.63) is 81.9 Å². The van der Waals surface area contributed by atoms with E-state index in [1.807, 2.05) is 25.1 Å². The van der Waals surface area contributed by atoms with Gasteiger partial charge >= 0.3 is 11.7 Å². The SMILES string of the molecule is C#Cc1c(F)ccc2cc(C)cc(-c3ncc4c(N5CCCCC5)nc(OCC5(CN6CCN(CC7CCN(c8ccc9c(c8)n(C)c(=O)n9C8CCC(=O)NC8=O)CC7)CC6)CC5)nc4c3F)c12. The number of pyridine rings is 1. The molecule has 5 fully saturated rings. The van der Waals surface area contributed by atoms with Crippen LogP contribution in [0.1, 0.15) is 75.0 Å². The zero-order valence-electron chi connectivity index (χ0n) is 39.4. The molecule has 14 nitrogen and oxygen atoms in total. The number of anilines is 2. The van der Waals surface area contributed by atoms with Gasteiger partial charge in [-0.15, -0.1) is 6.42 Å². The minimum Gasteiger partial charge on any atom is -0.463 e. The number of nitrogens with zero attached hydrogens (tertiary/aromatic N) is 9. The lowest BCUT2D eigenvalue weighted by atomic mass is 9.94. The molecule has 69 heavy (non-hydrogen) atoms. The van der Waals surface area contributed by atoms with E-state index < -0.39 is 23.6 Å². The quantitative estimate of drug-likeness (QED) is 0.110. The van der Waals surface area contributed by atoms with Gasteiger partial charge in [0.1, 0.15) is 28.9 Å². The van der Waals surface area contributed by atoms with Gasteiger partial charge < -0.3 is 24.3 Å². The van der Waals surface area contributed by atoms with Crippen molar-refractivity contribution < 1.29 is 23.1 Å². The smallest absolute Gasteiger partial charge is 0.329 e. The first kappa shape index (κ1) is 45.0. The summed E-state index contributed by atoms with van der Waals surface area (Å²) in [5, 5.41) is 4.05. The molecule has 2 amide bonds. The zero-order chi connectivity index (χ0) is 47.6. The second-order valence-corrected chi connectivity index (χ2v) is 20.2. The summed E-state index contributed by atoms with van der Waals surface area (Å²) < 4.78 is 41.7. The van der Waals surface area contributed by atoms with Gasteiger partial charge in [-0.25, -0.2) is 13.6 Å². The number of nitrogens with one attached hydrogen (secondary N) is 1. The summed E-state index contributed by atoms with van der Waals surface area (Å²) in [5.41, 5.74) is 3.83. The summed E-state index contributed by atoms with van der Waals surface area (Å²) in [5.74, 6) is 1.82. The number of benzene rings is 3. The third-order valence-corrected chi connectivity index (χ3v) is 15.5. The largest absolute Gasteiger partial charge is 0.463 e. The summed E-state index contributed by atoms with van der Waals surface area (Å²) >= 11 is 0. The van der Waals surface area contributed by atoms with E-state index in [0.29, 0.717) is 52.0 Å². The van der Waals surface area contributed by atoms with Crippen LogP contribution in [0.5, 0.6) is 6.01 Å². The molecule has 0 bridgehead atoms. The maximum Gasteiger partial charge on any atom is 0.329 e. The zero-order valence-corrected chi connectivity index (χ0v) is 39.4. The maximum absolute atomic E-state index is 17.1. The van der Waals surface area contributed by atoms with Crippen molar-refractivity contribution in [1.29, 1.82) is 0 Å². The van der Waals surface area contributed by atoms with Crippen LogP contribution in [0.4, 0.5) is 20.3 Å². The fourth-order valence-electron chi connectivity index (χ4n) is 11.4. The molecule has 5 aliphatic rings. The molecule has 11 rings (SSSR count). The lowest BCUT2D eigenvalue weighted by molar-refractivity contribution is -0.135. The average molecular weight is 937 g/mol. The fraction of sp³-hybridized carbons (Fsp3) is 0.472. The molecular weight excluding hydrogens is 879 g/mol. The Hall–Kier alpha value is -6.44. The lowest BCUT2D eigenvalue weighted by Crippen LogP contribution is -2.50. The number of imidazole rings is 1. The average Bonchev–Trinajstić information content (AvgIpc) is 4.08. The van der Waals surface area contributed by atoms with Crippen molar-refractivity contribution in [2.75, 3.05) is 81.9 Å². The third-order valence-electron chi connectivity index (χ3n) is 15.5. The topological polar surface area (TPSA) is 134 Å². The number of hydrogen-bond acceptors (Lipinski definition) is 11. The molecule has 3 aromatic heterocycles. The Balaban J connectivity index is 0.724. The van der Waals surface area contributed by atoms with Crippen LogP contribution in [-0.2, 0) is 16.6 Å². The molecule has 1 atom stereocenters. The molecule has 4 saturated heterocycles. The number of rotatable bonds is 11. The summed E-state index contributed by atoms with van der Waals surface area (Å²) in [6.45, 7) is 11.8. The number of fused-ring (bicyclic) bond motifs is 3. The van der Waals surface area contributed by atoms with E-state index >= 15 is 8.78 Å². The molecule has 1 unspecified atom stereocenters. The third kappa shape index (κ3) is 8.58. The normalized spacial score (nSPS) is 20.5. The van der Waals surface area contributed by atoms with Gasteiger partial charge in [0.05, 0.1) is 28.6 Å². The molecule has 4 aliphatic heterocycles. The number of carbonyl (C=O) groups excluding carboxylic acids is 2. The number of aryl methyl sites for hydroxylation is 2. The highest BCUT2D eigenvalue weighted by molar-refractivity contribution is 6.03. The van der Waals surface area contributed by atoms with E-state index in [2.05, 4.69) is 41.9 Å². The Morgan fingerprint density at radius 3 is 2.38 bits per heavy atom. The van der Waals surface area contributed by atoms with Crippen molar-refractivity contribution in [3.63, 3.8) is 0 Å². The first-order valence-corrected chi connectivity index (χ1v) is 24.6. The molecule has 3 aromatic carbocycles. The van der Waals surface area contributed by atoms with Gasteiger partial charge in [-0.05, 0) is 105 Å². The summed E-state index contributed by atoms with van der Waals surface area (Å²) in [6.07, 6.45) is 15.4. The Bertz CT molecular complexity index is 3120. The second-order valence-electron chi connectivity index (χ2n) is 20.2. The predicted molar refractivity (Wildman–Crippen MR) is 263 cm³/mol. The van der Waals surface area contributed by atoms with Crippen molar-refractivity contribution in [2.45, 2.75) is 70.8 Å². The fourth-order valence-corrected chi connectivity index (χ4v) is 11.4. The van der Waals surface area contributed by atoms with Crippen molar-refractivity contribution in [3.8, 4) is 29.6 Å². The van der Waals surface area contributed by atoms with Gasteiger partial charge in [0.15, 0.2) is 5.82 Å². The van der Waals surface area contributed by atoms with Crippen molar-refractivity contribution in [1.82, 2.24) is 39.2 Å². The summed E-state index contributed by atoms with van der Waals surface area (Å²) in [7, 11) is 1.74. The predicted octanol–water partition coefficient (Wildman–Crippen LogP) is 6.73. The molecule has 16 heteroatoms. The Labute approximate surface area is 399 Å². The molecule has 1 N–H and O–H groups in total. The monoisotopic (exact) mass is 936 g/mol. The van der Waals surface area contributed by atoms with Gasteiger partial charge in [-0.2, -0.15) is 9.97 Å². The minimum absolute atomic E-state index is 0.0143. The standard InChI is InChI=1S/C53H58F2N10O4/c1-4-37-40(54)10-8-35-26-33(2)27-38(45(35)37)47-46(55)48-39(29-56-47)49(64-18-6-5-7-19-64)59-51(58-48)69-32-53(16-17-53)31-62-24-22-61(23-25-62)30-34-14-20-63(21-15-34)36-9-11-41-43(28-36)60(3)52(68)65(41)42-12-13-44(66)57-50(42)67/h1,8-11,26-29,34,42H,5-7,12-25,30-32H2,2-3H3,(H,57,66,67). The van der Waals surface area contributed by atoms with Gasteiger partial charge in [0, 0.05) is 107 Å².